The molecule has 0 aliphatic heterocycles. The van der Waals surface area contributed by atoms with Crippen LogP contribution in [-0.2, 0) is 6.18 Å². The highest BCUT2D eigenvalue weighted by molar-refractivity contribution is 9.10. The Morgan fingerprint density at radius 1 is 1.22 bits per heavy atom. The molecule has 2 aromatic rings. The van der Waals surface area contributed by atoms with Crippen molar-refractivity contribution < 1.29 is 17.9 Å². The molecular weight excluding hydrogens is 373 g/mol. The van der Waals surface area contributed by atoms with Gasteiger partial charge in [-0.1, -0.05) is 15.9 Å². The lowest BCUT2D eigenvalue weighted by atomic mass is 10.2. The molecule has 0 spiro atoms. The number of nitrogens with zero attached hydrogens (tertiary/aromatic N) is 1. The lowest BCUT2D eigenvalue weighted by molar-refractivity contribution is -0.137. The third-order valence-electron chi connectivity index (χ3n) is 2.87. The van der Waals surface area contributed by atoms with Crippen LogP contribution in [0, 0.1) is 0 Å². The summed E-state index contributed by atoms with van der Waals surface area (Å²) in [5.41, 5.74) is -0.113. The monoisotopic (exact) mass is 386 g/mol. The first-order valence-electron chi connectivity index (χ1n) is 6.79. The Balaban J connectivity index is 2.54. The first-order valence-corrected chi connectivity index (χ1v) is 7.58. The van der Waals surface area contributed by atoms with Gasteiger partial charge < -0.3 is 9.72 Å². The highest BCUT2D eigenvalue weighted by Crippen LogP contribution is 2.31. The number of rotatable bonds is 3. The van der Waals surface area contributed by atoms with Crippen molar-refractivity contribution in [3.63, 3.8) is 0 Å². The summed E-state index contributed by atoms with van der Waals surface area (Å²) in [5, 5.41) is 0. The van der Waals surface area contributed by atoms with Crippen molar-refractivity contribution in [3.05, 3.63) is 58.8 Å². The largest absolute Gasteiger partial charge is 0.493 e. The number of benzene rings is 1. The Labute approximate surface area is 140 Å². The summed E-state index contributed by atoms with van der Waals surface area (Å²) in [6, 6.07) is 8.54. The fraction of sp³-hybridized carbons (Fsp3) is 0.188. The second-order valence-corrected chi connectivity index (χ2v) is 5.41. The summed E-state index contributed by atoms with van der Waals surface area (Å²) < 4.78 is 44.7. The Kier molecular flexibility index (Phi) is 5.65. The predicted octanol–water partition coefficient (Wildman–Crippen LogP) is 5.38. The van der Waals surface area contributed by atoms with Gasteiger partial charge in [-0.3, -0.25) is 0 Å². The number of hydrogen-bond acceptors (Lipinski definition) is 2. The second kappa shape index (κ2) is 7.50. The molecule has 122 valence electrons. The molecule has 0 saturated carbocycles. The molecule has 1 N–H and O–H groups in total. The van der Waals surface area contributed by atoms with Gasteiger partial charge in [0.1, 0.15) is 11.6 Å². The van der Waals surface area contributed by atoms with Gasteiger partial charge in [-0.05, 0) is 43.3 Å². The molecule has 0 aliphatic carbocycles. The van der Waals surface area contributed by atoms with Gasteiger partial charge in [-0.15, -0.1) is 0 Å². The second-order valence-electron chi connectivity index (χ2n) is 4.49. The molecule has 0 fully saturated rings. The smallest absolute Gasteiger partial charge is 0.416 e. The summed E-state index contributed by atoms with van der Waals surface area (Å²) in [6.07, 6.45) is -1.90. The van der Waals surface area contributed by atoms with E-state index in [1.165, 1.54) is 18.5 Å². The van der Waals surface area contributed by atoms with E-state index >= 15 is 0 Å². The van der Waals surface area contributed by atoms with Crippen molar-refractivity contribution in [2.75, 3.05) is 6.61 Å². The number of hydrogen-bond donors (Lipinski definition) is 1. The number of H-pyrrole nitrogens is 1. The van der Waals surface area contributed by atoms with E-state index in [4.69, 9.17) is 4.74 Å². The summed E-state index contributed by atoms with van der Waals surface area (Å²) in [7, 11) is 0. The molecule has 1 aromatic heterocycles. The number of alkyl halides is 3. The number of aromatic nitrogens is 2. The number of aromatic amines is 1. The van der Waals surface area contributed by atoms with Crippen molar-refractivity contribution in [3.8, 4) is 17.1 Å². The van der Waals surface area contributed by atoms with Gasteiger partial charge in [-0.2, -0.15) is 13.2 Å². The minimum atomic E-state index is -4.42. The molecular formula is C16H14BrF3N2O. The van der Waals surface area contributed by atoms with Crippen LogP contribution >= 0.6 is 15.9 Å². The Morgan fingerprint density at radius 2 is 2.00 bits per heavy atom. The molecule has 1 heterocycles. The molecule has 0 atom stereocenters. The first kappa shape index (κ1) is 17.3. The highest BCUT2D eigenvalue weighted by Gasteiger charge is 2.29. The van der Waals surface area contributed by atoms with Gasteiger partial charge in [0.05, 0.1) is 17.7 Å². The van der Waals surface area contributed by atoms with Crippen molar-refractivity contribution in [2.24, 2.45) is 0 Å². The van der Waals surface area contributed by atoms with E-state index in [0.717, 1.165) is 16.6 Å². The maximum Gasteiger partial charge on any atom is 0.416 e. The van der Waals surface area contributed by atoms with Gasteiger partial charge in [0.15, 0.2) is 0 Å². The molecule has 7 heteroatoms. The zero-order chi connectivity index (χ0) is 16.9. The van der Waals surface area contributed by atoms with Crippen molar-refractivity contribution in [1.29, 1.82) is 0 Å². The number of nitrogens with one attached hydrogen (secondary N) is 1. The molecule has 0 unspecified atom stereocenters. The van der Waals surface area contributed by atoms with Crippen LogP contribution in [0.5, 0.6) is 5.75 Å². The highest BCUT2D eigenvalue weighted by atomic mass is 79.9. The third-order valence-corrected chi connectivity index (χ3v) is 3.37. The van der Waals surface area contributed by atoms with Crippen molar-refractivity contribution >= 4 is 15.9 Å². The van der Waals surface area contributed by atoms with Crippen LogP contribution in [0.1, 0.15) is 12.5 Å². The van der Waals surface area contributed by atoms with E-state index < -0.39 is 11.7 Å². The van der Waals surface area contributed by atoms with E-state index in [1.54, 1.807) is 12.1 Å². The maximum atomic E-state index is 12.8. The van der Waals surface area contributed by atoms with Crippen LogP contribution in [0.3, 0.4) is 0 Å². The third kappa shape index (κ3) is 4.72. The van der Waals surface area contributed by atoms with Crippen molar-refractivity contribution in [1.82, 2.24) is 9.97 Å². The normalized spacial score (nSPS) is 11.0. The van der Waals surface area contributed by atoms with Gasteiger partial charge >= 0.3 is 6.18 Å². The van der Waals surface area contributed by atoms with E-state index in [0.29, 0.717) is 23.7 Å². The van der Waals surface area contributed by atoms with Crippen LogP contribution in [0.15, 0.2) is 53.3 Å². The minimum Gasteiger partial charge on any atom is -0.493 e. The van der Waals surface area contributed by atoms with E-state index in [2.05, 4.69) is 25.9 Å². The zero-order valence-electron chi connectivity index (χ0n) is 12.2. The Hall–Kier alpha value is -2.02. The lowest BCUT2D eigenvalue weighted by Crippen LogP contribution is -2.02. The number of ether oxygens (including phenoxy) is 1. The summed E-state index contributed by atoms with van der Waals surface area (Å²) >= 11 is 3.36. The standard InChI is InChI=1S/C16H14BrF3N2O/c1-2-23-14-10-12(17)5-6-13(14)15-21-8-3-4-11(7-9-22-15)16(18,19)20/h3-10H,2H2,1H3,(H,21,22). The zero-order valence-corrected chi connectivity index (χ0v) is 13.8. The lowest BCUT2D eigenvalue weighted by Gasteiger charge is -2.09. The molecule has 3 nitrogen and oxygen atoms in total. The average Bonchev–Trinajstić information content (AvgIpc) is 2.59. The van der Waals surface area contributed by atoms with E-state index in [-0.39, 0.29) is 0 Å². The average molecular weight is 387 g/mol. The molecule has 0 amide bonds. The summed E-state index contributed by atoms with van der Waals surface area (Å²) in [6.45, 7) is 2.31. The summed E-state index contributed by atoms with van der Waals surface area (Å²) in [5.74, 6) is 0.975. The van der Waals surface area contributed by atoms with Gasteiger partial charge in [0, 0.05) is 16.9 Å². The molecule has 0 saturated heterocycles. The SMILES string of the molecule is CCOc1cc(Br)ccc1-c1ncccc(C(F)(F)F)cc[nH]1. The van der Waals surface area contributed by atoms with Gasteiger partial charge in [0.25, 0.3) is 0 Å². The van der Waals surface area contributed by atoms with Crippen LogP contribution in [0.25, 0.3) is 11.4 Å². The molecule has 23 heavy (non-hydrogen) atoms. The maximum absolute atomic E-state index is 12.8. The molecule has 2 rings (SSSR count). The molecule has 0 bridgehead atoms. The van der Waals surface area contributed by atoms with E-state index in [1.807, 2.05) is 13.0 Å². The van der Waals surface area contributed by atoms with Crippen LogP contribution < -0.4 is 4.74 Å². The predicted molar refractivity (Wildman–Crippen MR) is 85.5 cm³/mol. The number of halogens is 4. The Bertz CT molecular complexity index is 727. The van der Waals surface area contributed by atoms with Crippen molar-refractivity contribution in [2.45, 2.75) is 13.1 Å². The van der Waals surface area contributed by atoms with Gasteiger partial charge in [-0.25, -0.2) is 4.98 Å². The van der Waals surface area contributed by atoms with E-state index in [9.17, 15) is 13.2 Å². The molecule has 0 aliphatic rings. The van der Waals surface area contributed by atoms with Crippen LogP contribution in [-0.4, -0.2) is 16.6 Å². The first-order chi connectivity index (χ1) is 10.9. The summed E-state index contributed by atoms with van der Waals surface area (Å²) in [4.78, 5) is 6.95. The molecule has 0 radical (unpaired) electrons. The van der Waals surface area contributed by atoms with Crippen LogP contribution in [0.4, 0.5) is 13.2 Å². The fourth-order valence-electron chi connectivity index (χ4n) is 1.87. The fourth-order valence-corrected chi connectivity index (χ4v) is 2.21. The minimum absolute atomic E-state index is 0.394. The topological polar surface area (TPSA) is 37.9 Å². The quantitative estimate of drug-likeness (QED) is 0.768. The van der Waals surface area contributed by atoms with Gasteiger partial charge in [0.2, 0.25) is 0 Å². The Morgan fingerprint density at radius 3 is 2.70 bits per heavy atom. The molecule has 1 aromatic carbocycles. The van der Waals surface area contributed by atoms with Crippen LogP contribution in [0.2, 0.25) is 0 Å².